The summed E-state index contributed by atoms with van der Waals surface area (Å²) >= 11 is 0. The molecule has 0 aromatic rings. The lowest BCUT2D eigenvalue weighted by atomic mass is 9.89. The first-order valence-electron chi connectivity index (χ1n) is 5.85. The molecule has 1 saturated carbocycles. The monoisotopic (exact) mass is 196 g/mol. The molecule has 0 unspecified atom stereocenters. The highest BCUT2D eigenvalue weighted by atomic mass is 16.7. The zero-order valence-corrected chi connectivity index (χ0v) is 8.78. The molecule has 1 saturated heterocycles. The van der Waals surface area contributed by atoms with Gasteiger partial charge in [0.15, 0.2) is 6.29 Å². The quantitative estimate of drug-likeness (QED) is 0.646. The second-order valence-corrected chi connectivity index (χ2v) is 4.23. The van der Waals surface area contributed by atoms with Gasteiger partial charge in [0.2, 0.25) is 0 Å². The highest BCUT2D eigenvalue weighted by molar-refractivity contribution is 4.90. The summed E-state index contributed by atoms with van der Waals surface area (Å²) in [4.78, 5) is 0. The van der Waals surface area contributed by atoms with Crippen molar-refractivity contribution >= 4 is 0 Å². The average Bonchev–Trinajstić information content (AvgIpc) is 2.72. The molecular formula is C12H20O2. The fourth-order valence-corrected chi connectivity index (χ4v) is 2.25. The van der Waals surface area contributed by atoms with Crippen molar-refractivity contribution in [1.82, 2.24) is 0 Å². The molecule has 2 aliphatic rings. The molecular weight excluding hydrogens is 176 g/mol. The van der Waals surface area contributed by atoms with Crippen LogP contribution in [-0.2, 0) is 9.47 Å². The largest absolute Gasteiger partial charge is 0.350 e. The third-order valence-electron chi connectivity index (χ3n) is 3.08. The summed E-state index contributed by atoms with van der Waals surface area (Å²) in [5.41, 5.74) is 0. The van der Waals surface area contributed by atoms with Gasteiger partial charge < -0.3 is 9.47 Å². The van der Waals surface area contributed by atoms with E-state index in [0.717, 1.165) is 25.6 Å². The average molecular weight is 196 g/mol. The summed E-state index contributed by atoms with van der Waals surface area (Å²) in [6.07, 6.45) is 12.6. The highest BCUT2D eigenvalue weighted by Gasteiger charge is 2.14. The summed E-state index contributed by atoms with van der Waals surface area (Å²) in [5.74, 6) is 0.824. The second-order valence-electron chi connectivity index (χ2n) is 4.23. The molecule has 1 aliphatic carbocycles. The molecule has 0 atom stereocenters. The van der Waals surface area contributed by atoms with Crippen molar-refractivity contribution < 1.29 is 9.47 Å². The van der Waals surface area contributed by atoms with Crippen molar-refractivity contribution in [3.8, 4) is 0 Å². The van der Waals surface area contributed by atoms with Gasteiger partial charge in [-0.1, -0.05) is 31.4 Å². The molecule has 1 aliphatic heterocycles. The van der Waals surface area contributed by atoms with E-state index in [0.29, 0.717) is 0 Å². The molecule has 2 rings (SSSR count). The molecule has 0 N–H and O–H groups in total. The van der Waals surface area contributed by atoms with Crippen LogP contribution < -0.4 is 0 Å². The lowest BCUT2D eigenvalue weighted by Crippen LogP contribution is -2.06. The Morgan fingerprint density at radius 1 is 1.00 bits per heavy atom. The van der Waals surface area contributed by atoms with E-state index >= 15 is 0 Å². The van der Waals surface area contributed by atoms with Crippen LogP contribution in [0.4, 0.5) is 0 Å². The van der Waals surface area contributed by atoms with Crippen molar-refractivity contribution in [2.45, 2.75) is 44.8 Å². The molecule has 0 bridgehead atoms. The predicted molar refractivity (Wildman–Crippen MR) is 56.0 cm³/mol. The van der Waals surface area contributed by atoms with E-state index < -0.39 is 0 Å². The van der Waals surface area contributed by atoms with Crippen LogP contribution in [0.5, 0.6) is 0 Å². The van der Waals surface area contributed by atoms with Crippen LogP contribution in [0, 0.1) is 5.92 Å². The van der Waals surface area contributed by atoms with Crippen LogP contribution in [0.1, 0.15) is 38.5 Å². The Morgan fingerprint density at radius 2 is 1.71 bits per heavy atom. The maximum Gasteiger partial charge on any atom is 0.161 e. The Labute approximate surface area is 86.3 Å². The van der Waals surface area contributed by atoms with E-state index in [1.54, 1.807) is 0 Å². The fraction of sp³-hybridized carbons (Fsp3) is 0.833. The number of allylic oxidation sites excluding steroid dienone is 1. The predicted octanol–water partition coefficient (Wildman–Crippen LogP) is 2.89. The van der Waals surface area contributed by atoms with Gasteiger partial charge in [-0.2, -0.15) is 0 Å². The smallest absolute Gasteiger partial charge is 0.161 e. The maximum absolute atomic E-state index is 5.37. The summed E-state index contributed by atoms with van der Waals surface area (Å²) in [7, 11) is 0. The third-order valence-corrected chi connectivity index (χ3v) is 3.08. The van der Waals surface area contributed by atoms with Crippen LogP contribution in [0.2, 0.25) is 0 Å². The number of rotatable bonds is 3. The van der Waals surface area contributed by atoms with Crippen molar-refractivity contribution in [3.05, 3.63) is 12.2 Å². The van der Waals surface area contributed by atoms with Crippen LogP contribution in [0.25, 0.3) is 0 Å². The van der Waals surface area contributed by atoms with E-state index in [2.05, 4.69) is 12.2 Å². The molecule has 2 heteroatoms. The summed E-state index contributed by atoms with van der Waals surface area (Å²) in [6, 6.07) is 0. The van der Waals surface area contributed by atoms with Crippen LogP contribution in [0.3, 0.4) is 0 Å². The minimum absolute atomic E-state index is 0.0369. The highest BCUT2D eigenvalue weighted by Crippen LogP contribution is 2.24. The summed E-state index contributed by atoms with van der Waals surface area (Å²) < 4.78 is 10.7. The third kappa shape index (κ3) is 3.10. The Bertz CT molecular complexity index is 177. The van der Waals surface area contributed by atoms with Crippen molar-refractivity contribution in [3.63, 3.8) is 0 Å². The summed E-state index contributed by atoms with van der Waals surface area (Å²) in [6.45, 7) is 1.53. The molecule has 0 amide bonds. The molecule has 0 aromatic heterocycles. The van der Waals surface area contributed by atoms with Gasteiger partial charge in [0.25, 0.3) is 0 Å². The van der Waals surface area contributed by atoms with E-state index in [9.17, 15) is 0 Å². The Hall–Kier alpha value is -0.340. The Kier molecular flexibility index (Phi) is 4.02. The van der Waals surface area contributed by atoms with Gasteiger partial charge in [-0.3, -0.25) is 0 Å². The van der Waals surface area contributed by atoms with E-state index in [1.165, 1.54) is 32.1 Å². The molecule has 2 nitrogen and oxygen atoms in total. The standard InChI is InChI=1S/C12H20O2/c1-2-5-11(6-3-1)7-4-8-12-13-9-10-14-12/h4,7,11-12H,1-3,5-6,8-10H2/b7-4+. The second kappa shape index (κ2) is 5.52. The van der Waals surface area contributed by atoms with Gasteiger partial charge in [0.05, 0.1) is 13.2 Å². The zero-order chi connectivity index (χ0) is 9.64. The van der Waals surface area contributed by atoms with Crippen LogP contribution in [-0.4, -0.2) is 19.5 Å². The first-order valence-corrected chi connectivity index (χ1v) is 5.85. The lowest BCUT2D eigenvalue weighted by molar-refractivity contribution is -0.0381. The molecule has 0 radical (unpaired) electrons. The number of ether oxygens (including phenoxy) is 2. The Balaban J connectivity index is 1.65. The van der Waals surface area contributed by atoms with E-state index in [4.69, 9.17) is 9.47 Å². The minimum Gasteiger partial charge on any atom is -0.350 e. The number of hydrogen-bond donors (Lipinski definition) is 0. The molecule has 0 spiro atoms. The van der Waals surface area contributed by atoms with Gasteiger partial charge in [0, 0.05) is 6.42 Å². The van der Waals surface area contributed by atoms with Gasteiger partial charge >= 0.3 is 0 Å². The van der Waals surface area contributed by atoms with Crippen LogP contribution >= 0.6 is 0 Å². The molecule has 80 valence electrons. The first kappa shape index (κ1) is 10.2. The maximum atomic E-state index is 5.37. The van der Waals surface area contributed by atoms with Crippen molar-refractivity contribution in [2.75, 3.05) is 13.2 Å². The van der Waals surface area contributed by atoms with Crippen LogP contribution in [0.15, 0.2) is 12.2 Å². The van der Waals surface area contributed by atoms with Crippen molar-refractivity contribution in [2.24, 2.45) is 5.92 Å². The van der Waals surface area contributed by atoms with Gasteiger partial charge in [0.1, 0.15) is 0 Å². The first-order chi connectivity index (χ1) is 6.95. The summed E-state index contributed by atoms with van der Waals surface area (Å²) in [5, 5.41) is 0. The van der Waals surface area contributed by atoms with Crippen molar-refractivity contribution in [1.29, 1.82) is 0 Å². The lowest BCUT2D eigenvalue weighted by Gasteiger charge is -2.17. The van der Waals surface area contributed by atoms with Gasteiger partial charge in [-0.25, -0.2) is 0 Å². The van der Waals surface area contributed by atoms with Gasteiger partial charge in [-0.15, -0.1) is 0 Å². The number of hydrogen-bond acceptors (Lipinski definition) is 2. The van der Waals surface area contributed by atoms with E-state index in [-0.39, 0.29) is 6.29 Å². The molecule has 0 aromatic carbocycles. The van der Waals surface area contributed by atoms with E-state index in [1.807, 2.05) is 0 Å². The fourth-order valence-electron chi connectivity index (χ4n) is 2.25. The van der Waals surface area contributed by atoms with Gasteiger partial charge in [-0.05, 0) is 18.8 Å². The minimum atomic E-state index is 0.0369. The molecule has 14 heavy (non-hydrogen) atoms. The zero-order valence-electron chi connectivity index (χ0n) is 8.78. The normalized spacial score (nSPS) is 26.3. The Morgan fingerprint density at radius 3 is 2.43 bits per heavy atom. The topological polar surface area (TPSA) is 18.5 Å². The molecule has 1 heterocycles. The SMILES string of the molecule is C(=C\C1CCCCC1)/CC1OCCO1. The molecule has 2 fully saturated rings.